The van der Waals surface area contributed by atoms with E-state index in [9.17, 15) is 4.39 Å². The van der Waals surface area contributed by atoms with Crippen LogP contribution in [0, 0.1) is 12.7 Å². The summed E-state index contributed by atoms with van der Waals surface area (Å²) in [5.74, 6) is -0.235. The van der Waals surface area contributed by atoms with Gasteiger partial charge >= 0.3 is 0 Å². The molecule has 0 bridgehead atoms. The molecule has 0 aromatic heterocycles. The van der Waals surface area contributed by atoms with Gasteiger partial charge in [-0.2, -0.15) is 0 Å². The molecule has 0 saturated heterocycles. The Bertz CT molecular complexity index is 511. The van der Waals surface area contributed by atoms with Crippen LogP contribution in [0.15, 0.2) is 42.5 Å². The summed E-state index contributed by atoms with van der Waals surface area (Å²) in [4.78, 5) is 0. The lowest BCUT2D eigenvalue weighted by Gasteiger charge is -2.07. The highest BCUT2D eigenvalue weighted by Crippen LogP contribution is 2.24. The topological polar surface area (TPSA) is 26.0 Å². The molecule has 17 heavy (non-hydrogen) atoms. The first kappa shape index (κ1) is 13.7. The van der Waals surface area contributed by atoms with Gasteiger partial charge in [0, 0.05) is 6.54 Å². The highest BCUT2D eigenvalue weighted by atomic mass is 35.5. The highest BCUT2D eigenvalue weighted by Gasteiger charge is 2.04. The lowest BCUT2D eigenvalue weighted by molar-refractivity contribution is 0.626. The van der Waals surface area contributed by atoms with Gasteiger partial charge in [0.2, 0.25) is 0 Å². The molecule has 90 valence electrons. The van der Waals surface area contributed by atoms with Crippen molar-refractivity contribution >= 4 is 12.4 Å². The predicted octanol–water partition coefficient (Wildman–Crippen LogP) is 3.68. The molecule has 1 nitrogen and oxygen atoms in total. The summed E-state index contributed by atoms with van der Waals surface area (Å²) in [5.41, 5.74) is 9.43. The molecule has 0 spiro atoms. The third-order valence-electron chi connectivity index (χ3n) is 2.65. The van der Waals surface area contributed by atoms with Crippen LogP contribution in [0.4, 0.5) is 4.39 Å². The molecule has 0 heterocycles. The first-order valence-electron chi connectivity index (χ1n) is 5.26. The molecule has 0 aliphatic carbocycles. The summed E-state index contributed by atoms with van der Waals surface area (Å²) in [6, 6.07) is 12.9. The number of nitrogens with two attached hydrogens (primary N) is 1. The summed E-state index contributed by atoms with van der Waals surface area (Å²) in [6.45, 7) is 2.37. The fraction of sp³-hybridized carbons (Fsp3) is 0.143. The molecule has 0 fully saturated rings. The van der Waals surface area contributed by atoms with Gasteiger partial charge in [-0.1, -0.05) is 24.3 Å². The van der Waals surface area contributed by atoms with Gasteiger partial charge in [-0.05, 0) is 47.4 Å². The largest absolute Gasteiger partial charge is 0.326 e. The monoisotopic (exact) mass is 251 g/mol. The van der Waals surface area contributed by atoms with Crippen molar-refractivity contribution in [2.24, 2.45) is 5.73 Å². The molecule has 2 rings (SSSR count). The fourth-order valence-electron chi connectivity index (χ4n) is 1.82. The van der Waals surface area contributed by atoms with E-state index in [1.807, 2.05) is 37.3 Å². The standard InChI is InChI=1S/C14H14FN.ClH/c1-10-4-2-3-5-14(10)12-6-11(9-16)7-13(15)8-12;/h2-8H,9,16H2,1H3;1H. The maximum Gasteiger partial charge on any atom is 0.124 e. The number of hydrogen-bond donors (Lipinski definition) is 1. The molecule has 2 aromatic carbocycles. The minimum Gasteiger partial charge on any atom is -0.326 e. The quantitative estimate of drug-likeness (QED) is 0.866. The van der Waals surface area contributed by atoms with Gasteiger partial charge in [-0.25, -0.2) is 4.39 Å². The summed E-state index contributed by atoms with van der Waals surface area (Å²) in [5, 5.41) is 0. The van der Waals surface area contributed by atoms with E-state index >= 15 is 0 Å². The van der Waals surface area contributed by atoms with Crippen molar-refractivity contribution < 1.29 is 4.39 Å². The van der Waals surface area contributed by atoms with Gasteiger partial charge in [0.25, 0.3) is 0 Å². The van der Waals surface area contributed by atoms with Crippen LogP contribution in [0.5, 0.6) is 0 Å². The molecule has 0 saturated carbocycles. The van der Waals surface area contributed by atoms with E-state index in [0.717, 1.165) is 22.3 Å². The Balaban J connectivity index is 0.00000144. The second-order valence-electron chi connectivity index (χ2n) is 3.87. The fourth-order valence-corrected chi connectivity index (χ4v) is 1.82. The van der Waals surface area contributed by atoms with Crippen molar-refractivity contribution in [1.29, 1.82) is 0 Å². The van der Waals surface area contributed by atoms with Crippen LogP contribution in [0.25, 0.3) is 11.1 Å². The Morgan fingerprint density at radius 1 is 1.12 bits per heavy atom. The predicted molar refractivity (Wildman–Crippen MR) is 71.7 cm³/mol. The zero-order valence-electron chi connectivity index (χ0n) is 9.61. The van der Waals surface area contributed by atoms with Gasteiger partial charge in [0.1, 0.15) is 5.82 Å². The number of halogens is 2. The molecule has 0 atom stereocenters. The maximum absolute atomic E-state index is 13.4. The van der Waals surface area contributed by atoms with Crippen molar-refractivity contribution in [3.8, 4) is 11.1 Å². The number of aryl methyl sites for hydroxylation is 1. The molecular weight excluding hydrogens is 237 g/mol. The Morgan fingerprint density at radius 3 is 2.47 bits per heavy atom. The third kappa shape index (κ3) is 3.05. The van der Waals surface area contributed by atoms with Crippen molar-refractivity contribution in [2.75, 3.05) is 0 Å². The molecule has 2 aromatic rings. The first-order chi connectivity index (χ1) is 7.70. The maximum atomic E-state index is 13.4. The third-order valence-corrected chi connectivity index (χ3v) is 2.65. The Kier molecular flexibility index (Phi) is 4.67. The van der Waals surface area contributed by atoms with E-state index in [1.165, 1.54) is 6.07 Å². The molecule has 3 heteroatoms. The minimum absolute atomic E-state index is 0. The summed E-state index contributed by atoms with van der Waals surface area (Å²) < 4.78 is 13.4. The van der Waals surface area contributed by atoms with Crippen LogP contribution in [0.2, 0.25) is 0 Å². The van der Waals surface area contributed by atoms with Gasteiger partial charge in [-0.15, -0.1) is 12.4 Å². The molecule has 0 aliphatic rings. The zero-order valence-corrected chi connectivity index (χ0v) is 10.4. The van der Waals surface area contributed by atoms with Gasteiger partial charge in [0.15, 0.2) is 0 Å². The average Bonchev–Trinajstić information content (AvgIpc) is 2.28. The Labute approximate surface area is 107 Å². The van der Waals surface area contributed by atoms with E-state index in [1.54, 1.807) is 6.07 Å². The number of benzene rings is 2. The van der Waals surface area contributed by atoms with E-state index in [2.05, 4.69) is 0 Å². The molecule has 0 amide bonds. The molecule has 2 N–H and O–H groups in total. The second kappa shape index (κ2) is 5.80. The molecule has 0 unspecified atom stereocenters. The van der Waals surface area contributed by atoms with Crippen LogP contribution >= 0.6 is 12.4 Å². The van der Waals surface area contributed by atoms with Gasteiger partial charge in [-0.3, -0.25) is 0 Å². The normalized spacial score (nSPS) is 9.82. The van der Waals surface area contributed by atoms with Crippen LogP contribution < -0.4 is 5.73 Å². The Morgan fingerprint density at radius 2 is 1.82 bits per heavy atom. The summed E-state index contributed by atoms with van der Waals surface area (Å²) >= 11 is 0. The van der Waals surface area contributed by atoms with Crippen molar-refractivity contribution in [1.82, 2.24) is 0 Å². The number of rotatable bonds is 2. The first-order valence-corrected chi connectivity index (χ1v) is 5.26. The van der Waals surface area contributed by atoms with Crippen LogP contribution in [0.1, 0.15) is 11.1 Å². The lowest BCUT2D eigenvalue weighted by atomic mass is 9.99. The molecule has 0 aliphatic heterocycles. The van der Waals surface area contributed by atoms with Crippen molar-refractivity contribution in [2.45, 2.75) is 13.5 Å². The van der Waals surface area contributed by atoms with Crippen LogP contribution in [-0.2, 0) is 6.54 Å². The molecular formula is C14H15ClFN. The van der Waals surface area contributed by atoms with Crippen molar-refractivity contribution in [3.05, 3.63) is 59.4 Å². The Hall–Kier alpha value is -1.38. The van der Waals surface area contributed by atoms with Crippen LogP contribution in [0.3, 0.4) is 0 Å². The average molecular weight is 252 g/mol. The summed E-state index contributed by atoms with van der Waals surface area (Å²) in [7, 11) is 0. The zero-order chi connectivity index (χ0) is 11.5. The van der Waals surface area contributed by atoms with Crippen molar-refractivity contribution in [3.63, 3.8) is 0 Å². The molecule has 0 radical (unpaired) electrons. The SMILES string of the molecule is Cc1ccccc1-c1cc(F)cc(CN)c1.Cl. The van der Waals surface area contributed by atoms with E-state index in [4.69, 9.17) is 5.73 Å². The van der Waals surface area contributed by atoms with Crippen LogP contribution in [-0.4, -0.2) is 0 Å². The lowest BCUT2D eigenvalue weighted by Crippen LogP contribution is -1.97. The summed E-state index contributed by atoms with van der Waals surface area (Å²) in [6.07, 6.45) is 0. The van der Waals surface area contributed by atoms with E-state index in [0.29, 0.717) is 6.54 Å². The van der Waals surface area contributed by atoms with Gasteiger partial charge in [0.05, 0.1) is 0 Å². The highest BCUT2D eigenvalue weighted by molar-refractivity contribution is 5.85. The minimum atomic E-state index is -0.235. The van der Waals surface area contributed by atoms with Gasteiger partial charge < -0.3 is 5.73 Å². The van der Waals surface area contributed by atoms with E-state index < -0.39 is 0 Å². The van der Waals surface area contributed by atoms with E-state index in [-0.39, 0.29) is 18.2 Å². The second-order valence-corrected chi connectivity index (χ2v) is 3.87. The number of hydrogen-bond acceptors (Lipinski definition) is 1. The smallest absolute Gasteiger partial charge is 0.124 e.